The van der Waals surface area contributed by atoms with Crippen LogP contribution in [0.3, 0.4) is 0 Å². The van der Waals surface area contributed by atoms with Gasteiger partial charge < -0.3 is 17.9 Å². The van der Waals surface area contributed by atoms with Crippen LogP contribution in [0.25, 0.3) is 0 Å². The zero-order chi connectivity index (χ0) is 79.5. The molecule has 0 aromatic carbocycles. The van der Waals surface area contributed by atoms with E-state index in [2.05, 4.69) is 96.6 Å². The smallest absolute Gasteiger partial charge is 0.133 e. The Labute approximate surface area is 628 Å². The van der Waals surface area contributed by atoms with Crippen LogP contribution in [0, 0.1) is 83.1 Å². The van der Waals surface area contributed by atoms with Gasteiger partial charge in [0.15, 0.2) is 0 Å². The summed E-state index contributed by atoms with van der Waals surface area (Å²) in [5.41, 5.74) is 8.05. The minimum absolute atomic E-state index is 0.856. The van der Waals surface area contributed by atoms with E-state index in [0.29, 0.717) is 0 Å². The van der Waals surface area contributed by atoms with Crippen molar-refractivity contribution in [2.75, 3.05) is 0 Å². The number of thiophene rings is 2. The fourth-order valence-corrected chi connectivity index (χ4v) is 6.89. The first kappa shape index (κ1) is 119. The van der Waals surface area contributed by atoms with E-state index >= 15 is 0 Å². The van der Waals surface area contributed by atoms with Gasteiger partial charge in [0.05, 0.1) is 53.3 Å². The Hall–Kier alpha value is -7.10. The molecule has 12 rings (SSSR count). The maximum absolute atomic E-state index is 4.83. The fraction of sp³-hybridized carbons (Fsp3) is 0.494. The molecule has 0 fully saturated rings. The second kappa shape index (κ2) is 107. The summed E-state index contributed by atoms with van der Waals surface area (Å²) in [7, 11) is 5.75. The summed E-state index contributed by atoms with van der Waals surface area (Å²) in [5.74, 6) is 1.82. The number of furan rings is 2. The highest BCUT2D eigenvalue weighted by Crippen LogP contribution is 2.04. The molecule has 0 bridgehead atoms. The first-order valence-electron chi connectivity index (χ1n) is 35.1. The maximum Gasteiger partial charge on any atom is 0.133 e. The Morgan fingerprint density at radius 1 is 0.434 bits per heavy atom. The van der Waals surface area contributed by atoms with Gasteiger partial charge in [-0.15, -0.1) is 22.7 Å². The number of thiazole rings is 1. The molecule has 20 heteroatoms. The molecule has 12 heterocycles. The number of aryl methyl sites for hydroxylation is 15. The van der Waals surface area contributed by atoms with Gasteiger partial charge in [-0.1, -0.05) is 183 Å². The van der Waals surface area contributed by atoms with Crippen LogP contribution < -0.4 is 0 Å². The summed E-state index contributed by atoms with van der Waals surface area (Å²) in [6.45, 7) is 71.9. The molecule has 0 unspecified atom stereocenters. The van der Waals surface area contributed by atoms with E-state index in [0.717, 1.165) is 33.6 Å². The van der Waals surface area contributed by atoms with Gasteiger partial charge in [-0.2, -0.15) is 31.0 Å². The van der Waals surface area contributed by atoms with E-state index in [-0.39, 0.29) is 0 Å². The SMILES string of the molecule is CC.CC.CC.CC.CC.CC.CC.CC.CC.CC.CC.CC.Cc1ccco1.Cc1cccs1.Cc1ccn(C)n1.Cc1ccnn1C.Cc1ccno1.Cc1ccns1.Cc1ccoc1.Cc1ccon1.Cc1ccsc1.Cc1ccsn1.Cc1cnn(C)c1.Cc1nccs1. The maximum atomic E-state index is 4.83. The molecule has 0 amide bonds. The van der Waals surface area contributed by atoms with E-state index in [1.807, 2.05) is 333 Å². The summed E-state index contributed by atoms with van der Waals surface area (Å²) in [4.78, 5) is 6.59. The lowest BCUT2D eigenvalue weighted by Crippen LogP contribution is -1.90. The van der Waals surface area contributed by atoms with Gasteiger partial charge in [0.25, 0.3) is 0 Å². The average Bonchev–Trinajstić information content (AvgIpc) is 2.75. The van der Waals surface area contributed by atoms with Crippen molar-refractivity contribution in [3.05, 3.63) is 234 Å². The largest absolute Gasteiger partial charge is 0.472 e. The Kier molecular flexibility index (Phi) is 128. The van der Waals surface area contributed by atoms with Crippen molar-refractivity contribution in [2.45, 2.75) is 249 Å². The van der Waals surface area contributed by atoms with Crippen molar-refractivity contribution < 1.29 is 17.9 Å². The highest BCUT2D eigenvalue weighted by atomic mass is 32.1. The van der Waals surface area contributed by atoms with Gasteiger partial charge in [-0.25, -0.2) is 4.37 Å². The van der Waals surface area contributed by atoms with Gasteiger partial charge >= 0.3 is 0 Å². The summed E-state index contributed by atoms with van der Waals surface area (Å²) in [5, 5.41) is 30.2. The number of nitrogens with zero attached hydrogens (tertiary/aromatic N) is 11. The molecule has 0 atom stereocenters. The van der Waals surface area contributed by atoms with Crippen molar-refractivity contribution in [3.8, 4) is 0 Å². The summed E-state index contributed by atoms with van der Waals surface area (Å²) in [6, 6.07) is 23.5. The first-order valence-corrected chi connectivity index (χ1v) is 39.4. The number of hydrogen-bond donors (Lipinski definition) is 0. The molecule has 0 aliphatic carbocycles. The summed E-state index contributed by atoms with van der Waals surface area (Å²) >= 11 is 8.20. The van der Waals surface area contributed by atoms with Crippen LogP contribution in [-0.4, -0.2) is 53.4 Å². The van der Waals surface area contributed by atoms with E-state index < -0.39 is 0 Å². The van der Waals surface area contributed by atoms with E-state index in [1.165, 1.54) is 55.2 Å². The molecule has 0 aliphatic heterocycles. The van der Waals surface area contributed by atoms with Crippen LogP contribution in [0.2, 0.25) is 0 Å². The second-order valence-corrected chi connectivity index (χ2v) is 20.3. The number of aromatic nitrogens is 11. The van der Waals surface area contributed by atoms with Gasteiger partial charge in [0, 0.05) is 90.5 Å². The Balaban J connectivity index is -0.0000000811. The van der Waals surface area contributed by atoms with E-state index in [4.69, 9.17) is 8.83 Å². The van der Waals surface area contributed by atoms with Crippen LogP contribution in [0.5, 0.6) is 0 Å². The van der Waals surface area contributed by atoms with Crippen molar-refractivity contribution in [1.82, 2.24) is 53.4 Å². The Bertz CT molecular complexity index is 2380. The lowest BCUT2D eigenvalue weighted by Gasteiger charge is -1.87. The number of hydrogen-bond acceptors (Lipinski definition) is 17. The van der Waals surface area contributed by atoms with Crippen LogP contribution in [0.1, 0.15) is 232 Å². The zero-order valence-corrected chi connectivity index (χ0v) is 73.8. The number of rotatable bonds is 0. The third-order valence-electron chi connectivity index (χ3n) is 8.22. The third-order valence-corrected chi connectivity index (χ3v) is 11.8. The first-order chi connectivity index (χ1) is 47.9. The van der Waals surface area contributed by atoms with Crippen molar-refractivity contribution in [3.63, 3.8) is 0 Å². The van der Waals surface area contributed by atoms with Crippen LogP contribution in [0.4, 0.5) is 0 Å². The molecule has 0 N–H and O–H groups in total. The molecule has 99 heavy (non-hydrogen) atoms. The molecular formula is C79H145N11O4S5. The lowest BCUT2D eigenvalue weighted by atomic mass is 10.4. The standard InChI is InChI=1S/3C5H8N2.2C5H6O.2C5H6S.2C4H5NO.3C4H5NS.12C2H6/c1-5-3-6-7(2)4-5;1-5-3-4-7(2)6-5;1-5-3-4-6-7(5)2;1-5-2-3-6-4-5;1-5-3-2-4-6-5;1-5-2-3-6-4-5;1-5-3-2-4-6-5;1-4-2-3-6-5-4;1-4-2-3-5-6-4;1-4-5-2-3-6-4;1-4-2-3-6-5-4;1-4-2-3-5-6-4;12*1-2/h3*3-4H,1-2H3;4*2-4H,1H3;5*2-3H,1H3;12*1-2H3. The predicted molar refractivity (Wildman–Crippen MR) is 448 cm³/mol. The third kappa shape index (κ3) is 102. The minimum Gasteiger partial charge on any atom is -0.472 e. The highest BCUT2D eigenvalue weighted by molar-refractivity contribution is 7.10. The Morgan fingerprint density at radius 3 is 1.16 bits per heavy atom. The molecule has 0 saturated carbocycles. The topological polar surface area (TPSA) is 170 Å². The van der Waals surface area contributed by atoms with Gasteiger partial charge in [-0.05, 0) is 194 Å². The highest BCUT2D eigenvalue weighted by Gasteiger charge is 1.86. The van der Waals surface area contributed by atoms with Crippen LogP contribution >= 0.6 is 57.1 Å². The molecule has 0 aliphatic rings. The van der Waals surface area contributed by atoms with Crippen molar-refractivity contribution in [1.29, 1.82) is 0 Å². The molecule has 12 aromatic rings. The van der Waals surface area contributed by atoms with Gasteiger partial charge in [0.1, 0.15) is 17.8 Å². The minimum atomic E-state index is 0.856. The molecule has 15 nitrogen and oxygen atoms in total. The molecule has 0 radical (unpaired) electrons. The van der Waals surface area contributed by atoms with Crippen molar-refractivity contribution in [2.24, 2.45) is 21.1 Å². The zero-order valence-electron chi connectivity index (χ0n) is 69.8. The van der Waals surface area contributed by atoms with Crippen LogP contribution in [0.15, 0.2) is 186 Å². The molecule has 12 aromatic heterocycles. The molecular weight excluding hydrogens is 1330 g/mol. The summed E-state index contributed by atoms with van der Waals surface area (Å²) < 4.78 is 31.8. The second-order valence-electron chi connectivity index (χ2n) is 15.5. The fourth-order valence-electron chi connectivity index (χ4n) is 4.30. The Morgan fingerprint density at radius 2 is 1.04 bits per heavy atom. The quantitative estimate of drug-likeness (QED) is 0.141. The van der Waals surface area contributed by atoms with Gasteiger partial charge in [-0.3, -0.25) is 19.0 Å². The van der Waals surface area contributed by atoms with Gasteiger partial charge in [0.2, 0.25) is 0 Å². The predicted octanol–water partition coefficient (Wildman–Crippen LogP) is 28.1. The molecule has 0 saturated heterocycles. The van der Waals surface area contributed by atoms with E-state index in [1.54, 1.807) is 105 Å². The average molecular weight is 1470 g/mol. The molecule has 570 valence electrons. The monoisotopic (exact) mass is 1470 g/mol. The summed E-state index contributed by atoms with van der Waals surface area (Å²) in [6.07, 6.45) is 19.3. The van der Waals surface area contributed by atoms with Crippen molar-refractivity contribution >= 4 is 57.1 Å². The normalized spacial score (nSPS) is 7.55. The lowest BCUT2D eigenvalue weighted by molar-refractivity contribution is 0.397. The molecule has 0 spiro atoms. The van der Waals surface area contributed by atoms with Crippen LogP contribution in [-0.2, 0) is 21.1 Å². The van der Waals surface area contributed by atoms with E-state index in [9.17, 15) is 0 Å².